The molecule has 0 bridgehead atoms. The summed E-state index contributed by atoms with van der Waals surface area (Å²) in [5, 5.41) is 20.2. The first-order chi connectivity index (χ1) is 10.8. The van der Waals surface area contributed by atoms with Crippen LogP contribution in [0.1, 0.15) is 37.4 Å². The van der Waals surface area contributed by atoms with Gasteiger partial charge in [-0.15, -0.1) is 0 Å². The second-order valence-corrected chi connectivity index (χ2v) is 6.09. The Balaban J connectivity index is 2.10. The van der Waals surface area contributed by atoms with Gasteiger partial charge in [0.1, 0.15) is 5.75 Å². The van der Waals surface area contributed by atoms with E-state index in [-0.39, 0.29) is 24.1 Å². The van der Waals surface area contributed by atoms with Crippen molar-refractivity contribution in [3.63, 3.8) is 0 Å². The van der Waals surface area contributed by atoms with Crippen LogP contribution in [0.25, 0.3) is 0 Å². The summed E-state index contributed by atoms with van der Waals surface area (Å²) in [6.07, 6.45) is -0.00330. The second kappa shape index (κ2) is 6.84. The minimum atomic E-state index is -1.22. The lowest BCUT2D eigenvalue weighted by Crippen LogP contribution is -2.35. The van der Waals surface area contributed by atoms with Gasteiger partial charge in [-0.3, -0.25) is 4.79 Å². The third-order valence-electron chi connectivity index (χ3n) is 4.22. The zero-order valence-corrected chi connectivity index (χ0v) is 13.7. The van der Waals surface area contributed by atoms with Gasteiger partial charge in [-0.1, -0.05) is 42.5 Å². The van der Waals surface area contributed by atoms with E-state index in [4.69, 9.17) is 0 Å². The van der Waals surface area contributed by atoms with Crippen molar-refractivity contribution in [3.8, 4) is 5.75 Å². The van der Waals surface area contributed by atoms with E-state index in [0.29, 0.717) is 5.56 Å². The van der Waals surface area contributed by atoms with E-state index in [1.54, 1.807) is 37.1 Å². The Morgan fingerprint density at radius 2 is 1.83 bits per heavy atom. The van der Waals surface area contributed by atoms with Crippen molar-refractivity contribution in [1.82, 2.24) is 4.90 Å². The lowest BCUT2D eigenvalue weighted by molar-refractivity contribution is -0.136. The molecule has 2 rings (SSSR count). The summed E-state index contributed by atoms with van der Waals surface area (Å²) in [7, 11) is 1.71. The SMILES string of the molecule is CC(c1cccc(O)c1)N(C)C(=O)CC(C)(O)c1ccccc1. The number of phenolic OH excluding ortho intramolecular Hbond substituents is 1. The number of carbonyl (C=O) groups excluding carboxylic acids is 1. The highest BCUT2D eigenvalue weighted by Gasteiger charge is 2.29. The van der Waals surface area contributed by atoms with Crippen LogP contribution in [0.5, 0.6) is 5.75 Å². The molecule has 2 aromatic rings. The van der Waals surface area contributed by atoms with Gasteiger partial charge >= 0.3 is 0 Å². The molecule has 4 nitrogen and oxygen atoms in total. The molecule has 0 spiro atoms. The fourth-order valence-electron chi connectivity index (χ4n) is 2.54. The molecule has 0 saturated heterocycles. The maximum Gasteiger partial charge on any atom is 0.226 e. The van der Waals surface area contributed by atoms with Gasteiger partial charge in [0.15, 0.2) is 0 Å². The summed E-state index contributed by atoms with van der Waals surface area (Å²) in [5.74, 6) is 0.0150. The topological polar surface area (TPSA) is 60.8 Å². The van der Waals surface area contributed by atoms with E-state index in [2.05, 4.69) is 0 Å². The van der Waals surface area contributed by atoms with Crippen LogP contribution in [0.4, 0.5) is 0 Å². The molecule has 2 aromatic carbocycles. The van der Waals surface area contributed by atoms with Gasteiger partial charge < -0.3 is 15.1 Å². The van der Waals surface area contributed by atoms with E-state index >= 15 is 0 Å². The Morgan fingerprint density at radius 1 is 1.17 bits per heavy atom. The zero-order valence-electron chi connectivity index (χ0n) is 13.7. The van der Waals surface area contributed by atoms with Crippen LogP contribution in [-0.2, 0) is 10.4 Å². The van der Waals surface area contributed by atoms with Crippen LogP contribution in [-0.4, -0.2) is 28.1 Å². The van der Waals surface area contributed by atoms with Crippen molar-refractivity contribution in [3.05, 3.63) is 65.7 Å². The lowest BCUT2D eigenvalue weighted by atomic mass is 9.91. The number of nitrogens with zero attached hydrogens (tertiary/aromatic N) is 1. The fraction of sp³-hybridized carbons (Fsp3) is 0.316. The molecule has 0 aliphatic carbocycles. The molecule has 23 heavy (non-hydrogen) atoms. The largest absolute Gasteiger partial charge is 0.508 e. The summed E-state index contributed by atoms with van der Waals surface area (Å²) in [4.78, 5) is 14.1. The quantitative estimate of drug-likeness (QED) is 0.891. The van der Waals surface area contributed by atoms with Gasteiger partial charge in [0.05, 0.1) is 18.1 Å². The standard InChI is InChI=1S/C19H23NO3/c1-14(15-8-7-11-17(21)12-15)20(3)18(22)13-19(2,23)16-9-5-4-6-10-16/h4-12,14,21,23H,13H2,1-3H3. The summed E-state index contributed by atoms with van der Waals surface area (Å²) >= 11 is 0. The molecule has 0 aliphatic rings. The average molecular weight is 313 g/mol. The Kier molecular flexibility index (Phi) is 5.06. The minimum Gasteiger partial charge on any atom is -0.508 e. The maximum atomic E-state index is 12.5. The van der Waals surface area contributed by atoms with Gasteiger partial charge in [0.25, 0.3) is 0 Å². The number of phenols is 1. The van der Waals surface area contributed by atoms with Crippen LogP contribution in [0.3, 0.4) is 0 Å². The molecule has 0 aromatic heterocycles. The van der Waals surface area contributed by atoms with Crippen LogP contribution in [0, 0.1) is 0 Å². The number of carbonyl (C=O) groups is 1. The van der Waals surface area contributed by atoms with Gasteiger partial charge in [0.2, 0.25) is 5.91 Å². The molecule has 1 amide bonds. The number of aliphatic hydroxyl groups is 1. The first-order valence-electron chi connectivity index (χ1n) is 7.64. The molecule has 0 saturated carbocycles. The number of hydrogen-bond acceptors (Lipinski definition) is 3. The lowest BCUT2D eigenvalue weighted by Gasteiger charge is -2.30. The molecule has 2 unspecified atom stereocenters. The van der Waals surface area contributed by atoms with Crippen molar-refractivity contribution in [2.75, 3.05) is 7.05 Å². The fourth-order valence-corrected chi connectivity index (χ4v) is 2.54. The Hall–Kier alpha value is -2.33. The molecule has 2 N–H and O–H groups in total. The van der Waals surface area contributed by atoms with Gasteiger partial charge in [-0.05, 0) is 37.1 Å². The number of rotatable bonds is 5. The Morgan fingerprint density at radius 3 is 2.43 bits per heavy atom. The molecule has 2 atom stereocenters. The van der Waals surface area contributed by atoms with Crippen LogP contribution in [0.15, 0.2) is 54.6 Å². The smallest absolute Gasteiger partial charge is 0.226 e. The molecule has 0 aliphatic heterocycles. The molecule has 122 valence electrons. The molecular formula is C19H23NO3. The number of hydrogen-bond donors (Lipinski definition) is 2. The number of amides is 1. The molecular weight excluding hydrogens is 290 g/mol. The minimum absolute atomic E-state index is 0.00330. The molecule has 0 radical (unpaired) electrons. The third-order valence-corrected chi connectivity index (χ3v) is 4.22. The van der Waals surface area contributed by atoms with Gasteiger partial charge in [-0.25, -0.2) is 0 Å². The average Bonchev–Trinajstić information content (AvgIpc) is 2.54. The van der Waals surface area contributed by atoms with Crippen molar-refractivity contribution >= 4 is 5.91 Å². The van der Waals surface area contributed by atoms with E-state index in [0.717, 1.165) is 5.56 Å². The van der Waals surface area contributed by atoms with Crippen molar-refractivity contribution < 1.29 is 15.0 Å². The van der Waals surface area contributed by atoms with Crippen molar-refractivity contribution in [1.29, 1.82) is 0 Å². The Bertz CT molecular complexity index is 667. The van der Waals surface area contributed by atoms with Crippen LogP contribution >= 0.6 is 0 Å². The van der Waals surface area contributed by atoms with Gasteiger partial charge in [0, 0.05) is 7.05 Å². The summed E-state index contributed by atoms with van der Waals surface area (Å²) in [6, 6.07) is 15.8. The summed E-state index contributed by atoms with van der Waals surface area (Å²) < 4.78 is 0. The van der Waals surface area contributed by atoms with Crippen molar-refractivity contribution in [2.45, 2.75) is 31.9 Å². The highest BCUT2D eigenvalue weighted by Crippen LogP contribution is 2.28. The second-order valence-electron chi connectivity index (χ2n) is 6.09. The van der Waals surface area contributed by atoms with Crippen molar-refractivity contribution in [2.24, 2.45) is 0 Å². The predicted molar refractivity (Wildman–Crippen MR) is 89.9 cm³/mol. The number of benzene rings is 2. The maximum absolute atomic E-state index is 12.5. The van der Waals surface area contributed by atoms with E-state index in [9.17, 15) is 15.0 Å². The Labute approximate surface area is 137 Å². The van der Waals surface area contributed by atoms with E-state index in [1.165, 1.54) is 0 Å². The van der Waals surface area contributed by atoms with Crippen LogP contribution < -0.4 is 0 Å². The zero-order chi connectivity index (χ0) is 17.0. The van der Waals surface area contributed by atoms with Crippen LogP contribution in [0.2, 0.25) is 0 Å². The summed E-state index contributed by atoms with van der Waals surface area (Å²) in [5.41, 5.74) is 0.345. The molecule has 0 heterocycles. The highest BCUT2D eigenvalue weighted by molar-refractivity contribution is 5.77. The monoisotopic (exact) mass is 313 g/mol. The van der Waals surface area contributed by atoms with E-state index < -0.39 is 5.60 Å². The first-order valence-corrected chi connectivity index (χ1v) is 7.64. The summed E-state index contributed by atoms with van der Waals surface area (Å²) in [6.45, 7) is 3.54. The third kappa shape index (κ3) is 4.11. The molecule has 0 fully saturated rings. The van der Waals surface area contributed by atoms with E-state index in [1.807, 2.05) is 43.3 Å². The van der Waals surface area contributed by atoms with Gasteiger partial charge in [-0.2, -0.15) is 0 Å². The number of aromatic hydroxyl groups is 1. The normalized spacial score (nSPS) is 14.8. The molecule has 4 heteroatoms. The first kappa shape index (κ1) is 17.0. The highest BCUT2D eigenvalue weighted by atomic mass is 16.3. The predicted octanol–water partition coefficient (Wildman–Crippen LogP) is 3.21.